The van der Waals surface area contributed by atoms with Crippen LogP contribution in [0.25, 0.3) is 0 Å². The summed E-state index contributed by atoms with van der Waals surface area (Å²) >= 11 is 0. The fraction of sp³-hybridized carbons (Fsp3) is 0.476. The number of nitrogens with one attached hydrogen (secondary N) is 1. The highest BCUT2D eigenvalue weighted by Gasteiger charge is 2.56. The average molecular weight is 397 g/mol. The van der Waals surface area contributed by atoms with Gasteiger partial charge in [0.25, 0.3) is 5.91 Å². The molecular weight excluding hydrogens is 374 g/mol. The third kappa shape index (κ3) is 3.32. The molecule has 0 radical (unpaired) electrons. The summed E-state index contributed by atoms with van der Waals surface area (Å²) in [6.07, 6.45) is 5.98. The second-order valence-electron chi connectivity index (χ2n) is 7.39. The summed E-state index contributed by atoms with van der Waals surface area (Å²) in [5.41, 5.74) is 0.473. The average Bonchev–Trinajstić information content (AvgIpc) is 3.35. The minimum absolute atomic E-state index is 0.112. The number of terminal acetylenes is 1. The summed E-state index contributed by atoms with van der Waals surface area (Å²) in [6.45, 7) is 0.989. The van der Waals surface area contributed by atoms with Gasteiger partial charge in [-0.3, -0.25) is 14.4 Å². The van der Waals surface area contributed by atoms with Crippen LogP contribution in [-0.2, 0) is 14.3 Å². The van der Waals surface area contributed by atoms with Crippen LogP contribution in [0.1, 0.15) is 23.2 Å². The number of benzene rings is 1. The van der Waals surface area contributed by atoms with E-state index in [2.05, 4.69) is 11.2 Å². The first kappa shape index (κ1) is 19.3. The molecule has 0 aliphatic carbocycles. The first-order chi connectivity index (χ1) is 14.0. The van der Waals surface area contributed by atoms with Crippen molar-refractivity contribution in [2.24, 2.45) is 0 Å². The van der Waals surface area contributed by atoms with Gasteiger partial charge in [0.2, 0.25) is 11.8 Å². The third-order valence-electron chi connectivity index (χ3n) is 5.86. The Morgan fingerprint density at radius 3 is 2.48 bits per heavy atom. The SMILES string of the molecule is C#CCO[C@@H]1CCN2C(=O)[C@@H]3[C@@H](NC(=O)c4ccc(OC)cc4)CCN3C(=O)[C@H]12. The molecule has 3 aliphatic rings. The molecule has 8 nitrogen and oxygen atoms in total. The van der Waals surface area contributed by atoms with E-state index in [0.717, 1.165) is 0 Å². The van der Waals surface area contributed by atoms with Gasteiger partial charge in [0.05, 0.1) is 19.3 Å². The first-order valence-electron chi connectivity index (χ1n) is 9.66. The number of hydrogen-bond acceptors (Lipinski definition) is 5. The molecule has 1 N–H and O–H groups in total. The number of rotatable bonds is 5. The van der Waals surface area contributed by atoms with E-state index in [4.69, 9.17) is 15.9 Å². The zero-order chi connectivity index (χ0) is 20.5. The lowest BCUT2D eigenvalue weighted by molar-refractivity contribution is -0.161. The fourth-order valence-electron chi connectivity index (χ4n) is 4.46. The van der Waals surface area contributed by atoms with Gasteiger partial charge in [0.1, 0.15) is 24.4 Å². The Hall–Kier alpha value is -3.05. The summed E-state index contributed by atoms with van der Waals surface area (Å²) in [6, 6.07) is 5.02. The number of amides is 3. The number of carbonyl (C=O) groups is 3. The minimum atomic E-state index is -0.674. The van der Waals surface area contributed by atoms with Gasteiger partial charge in [-0.2, -0.15) is 0 Å². The number of piperazine rings is 1. The molecule has 4 atom stereocenters. The second-order valence-corrected chi connectivity index (χ2v) is 7.39. The highest BCUT2D eigenvalue weighted by atomic mass is 16.5. The molecule has 4 rings (SSSR count). The van der Waals surface area contributed by atoms with Gasteiger partial charge >= 0.3 is 0 Å². The summed E-state index contributed by atoms with van der Waals surface area (Å²) in [7, 11) is 1.56. The van der Waals surface area contributed by atoms with Gasteiger partial charge in [0.15, 0.2) is 0 Å². The van der Waals surface area contributed by atoms with Gasteiger partial charge in [0, 0.05) is 18.7 Å². The number of fused-ring (bicyclic) bond motifs is 2. The normalized spacial score (nSPS) is 28.0. The Bertz CT molecular complexity index is 862. The summed E-state index contributed by atoms with van der Waals surface area (Å²) in [4.78, 5) is 42.0. The molecule has 8 heteroatoms. The topological polar surface area (TPSA) is 88.2 Å². The Labute approximate surface area is 169 Å². The molecule has 0 saturated carbocycles. The molecule has 0 spiro atoms. The number of nitrogens with zero attached hydrogens (tertiary/aromatic N) is 2. The van der Waals surface area contributed by atoms with Gasteiger partial charge < -0.3 is 24.6 Å². The lowest BCUT2D eigenvalue weighted by Crippen LogP contribution is -2.66. The van der Waals surface area contributed by atoms with E-state index >= 15 is 0 Å². The van der Waals surface area contributed by atoms with E-state index in [-0.39, 0.29) is 30.4 Å². The van der Waals surface area contributed by atoms with Crippen LogP contribution in [0.5, 0.6) is 5.75 Å². The second kappa shape index (κ2) is 7.76. The van der Waals surface area contributed by atoms with E-state index < -0.39 is 18.1 Å². The van der Waals surface area contributed by atoms with E-state index in [0.29, 0.717) is 37.2 Å². The Morgan fingerprint density at radius 2 is 1.79 bits per heavy atom. The molecule has 3 saturated heterocycles. The quantitative estimate of drug-likeness (QED) is 0.709. The van der Waals surface area contributed by atoms with E-state index in [1.165, 1.54) is 0 Å². The molecule has 3 heterocycles. The van der Waals surface area contributed by atoms with Crippen molar-refractivity contribution < 1.29 is 23.9 Å². The van der Waals surface area contributed by atoms with Gasteiger partial charge in [-0.1, -0.05) is 5.92 Å². The van der Waals surface area contributed by atoms with Crippen molar-refractivity contribution in [2.75, 3.05) is 26.8 Å². The molecule has 3 aliphatic heterocycles. The highest BCUT2D eigenvalue weighted by molar-refractivity contribution is 6.00. The number of hydrogen-bond donors (Lipinski definition) is 1. The molecule has 152 valence electrons. The zero-order valence-electron chi connectivity index (χ0n) is 16.2. The van der Waals surface area contributed by atoms with Crippen LogP contribution in [0, 0.1) is 12.3 Å². The lowest BCUT2D eigenvalue weighted by Gasteiger charge is -2.41. The number of ether oxygens (including phenoxy) is 2. The van der Waals surface area contributed by atoms with Crippen LogP contribution >= 0.6 is 0 Å². The van der Waals surface area contributed by atoms with Crippen molar-refractivity contribution in [3.05, 3.63) is 29.8 Å². The van der Waals surface area contributed by atoms with Crippen LogP contribution in [0.3, 0.4) is 0 Å². The maximum absolute atomic E-state index is 13.1. The maximum Gasteiger partial charge on any atom is 0.251 e. The van der Waals surface area contributed by atoms with Gasteiger partial charge in [-0.15, -0.1) is 6.42 Å². The Balaban J connectivity index is 1.48. The molecule has 0 unspecified atom stereocenters. The largest absolute Gasteiger partial charge is 0.497 e. The van der Waals surface area contributed by atoms with Crippen LogP contribution in [0.15, 0.2) is 24.3 Å². The summed E-state index contributed by atoms with van der Waals surface area (Å²) < 4.78 is 10.7. The third-order valence-corrected chi connectivity index (χ3v) is 5.86. The van der Waals surface area contributed by atoms with Gasteiger partial charge in [-0.05, 0) is 37.1 Å². The number of methoxy groups -OCH3 is 1. The molecule has 1 aromatic carbocycles. The van der Waals surface area contributed by atoms with Crippen molar-refractivity contribution >= 4 is 17.7 Å². The smallest absolute Gasteiger partial charge is 0.251 e. The van der Waals surface area contributed by atoms with E-state index in [9.17, 15) is 14.4 Å². The highest BCUT2D eigenvalue weighted by Crippen LogP contribution is 2.33. The first-order valence-corrected chi connectivity index (χ1v) is 9.66. The van der Waals surface area contributed by atoms with E-state index in [1.807, 2.05) is 0 Å². The molecule has 3 fully saturated rings. The maximum atomic E-state index is 13.1. The molecule has 0 bridgehead atoms. The van der Waals surface area contributed by atoms with Crippen LogP contribution < -0.4 is 10.1 Å². The van der Waals surface area contributed by atoms with Crippen molar-refractivity contribution in [2.45, 2.75) is 37.1 Å². The van der Waals surface area contributed by atoms with Crippen LogP contribution in [-0.4, -0.2) is 78.6 Å². The molecule has 3 amide bonds. The summed E-state index contributed by atoms with van der Waals surface area (Å²) in [5.74, 6) is 2.52. The fourth-order valence-corrected chi connectivity index (χ4v) is 4.46. The van der Waals surface area contributed by atoms with Crippen molar-refractivity contribution in [3.63, 3.8) is 0 Å². The van der Waals surface area contributed by atoms with E-state index in [1.54, 1.807) is 41.2 Å². The predicted octanol–water partition coefficient (Wildman–Crippen LogP) is 0.0274. The summed E-state index contributed by atoms with van der Waals surface area (Å²) in [5, 5.41) is 2.93. The molecule has 0 aromatic heterocycles. The minimum Gasteiger partial charge on any atom is -0.497 e. The van der Waals surface area contributed by atoms with Crippen molar-refractivity contribution in [3.8, 4) is 18.1 Å². The molecular formula is C21H23N3O5. The van der Waals surface area contributed by atoms with Gasteiger partial charge in [-0.25, -0.2) is 0 Å². The monoisotopic (exact) mass is 397 g/mol. The number of carbonyl (C=O) groups excluding carboxylic acids is 3. The van der Waals surface area contributed by atoms with Crippen molar-refractivity contribution in [1.29, 1.82) is 0 Å². The molecule has 29 heavy (non-hydrogen) atoms. The Morgan fingerprint density at radius 1 is 1.14 bits per heavy atom. The zero-order valence-corrected chi connectivity index (χ0v) is 16.2. The molecule has 1 aromatic rings. The van der Waals surface area contributed by atoms with Crippen LogP contribution in [0.4, 0.5) is 0 Å². The van der Waals surface area contributed by atoms with Crippen LogP contribution in [0.2, 0.25) is 0 Å². The lowest BCUT2D eigenvalue weighted by atomic mass is 10.0. The van der Waals surface area contributed by atoms with Crippen molar-refractivity contribution in [1.82, 2.24) is 15.1 Å². The standard InChI is InChI=1S/C21H23N3O5/c1-3-12-29-16-9-11-24-18(16)21(27)23-10-8-15(17(23)20(24)26)22-19(25)13-4-6-14(28-2)7-5-13/h1,4-7,15-18H,8-12H2,2H3,(H,22,25)/t15-,16+,17-,18-/m0/s1. The predicted molar refractivity (Wildman–Crippen MR) is 103 cm³/mol. The Kier molecular flexibility index (Phi) is 5.16.